The number of hydrogen-bond acceptors (Lipinski definition) is 6. The topological polar surface area (TPSA) is 94.2 Å². The number of nitrogens with zero attached hydrogens (tertiary/aromatic N) is 1. The van der Waals surface area contributed by atoms with Crippen LogP contribution in [-0.2, 0) is 25.4 Å². The second kappa shape index (κ2) is 11.6. The Morgan fingerprint density at radius 2 is 1.51 bits per heavy atom. The number of ketones is 1. The largest absolute Gasteiger partial charge is 0.444 e. The lowest BCUT2D eigenvalue weighted by Gasteiger charge is -2.34. The van der Waals surface area contributed by atoms with Gasteiger partial charge in [-0.15, -0.1) is 0 Å². The zero-order valence-electron chi connectivity index (χ0n) is 24.1. The Labute approximate surface area is 231 Å². The van der Waals surface area contributed by atoms with Crippen LogP contribution in [0.5, 0.6) is 0 Å². The van der Waals surface area contributed by atoms with E-state index in [9.17, 15) is 14.4 Å². The molecule has 2 aromatic carbocycles. The van der Waals surface area contributed by atoms with Crippen LogP contribution in [-0.4, -0.2) is 45.8 Å². The molecule has 1 N–H and O–H groups in total. The third kappa shape index (κ3) is 8.68. The van der Waals surface area contributed by atoms with Gasteiger partial charge < -0.3 is 14.2 Å². The highest BCUT2D eigenvalue weighted by Crippen LogP contribution is 2.42. The summed E-state index contributed by atoms with van der Waals surface area (Å²) in [7, 11) is 0. The number of hydrogen-bond donors (Lipinski definition) is 1. The molecular formula is C31H40N2O6. The molecule has 1 aliphatic rings. The predicted octanol–water partition coefficient (Wildman–Crippen LogP) is 6.81. The Morgan fingerprint density at radius 1 is 0.923 bits per heavy atom. The first-order chi connectivity index (χ1) is 18.0. The fourth-order valence-corrected chi connectivity index (χ4v) is 4.27. The first-order valence-corrected chi connectivity index (χ1v) is 13.1. The van der Waals surface area contributed by atoms with Crippen molar-refractivity contribution in [3.63, 3.8) is 0 Å². The normalized spacial score (nSPS) is 19.1. The summed E-state index contributed by atoms with van der Waals surface area (Å²) in [6.07, 6.45) is 1.84. The van der Waals surface area contributed by atoms with Gasteiger partial charge in [-0.3, -0.25) is 15.0 Å². The Bertz CT molecular complexity index is 1190. The van der Waals surface area contributed by atoms with E-state index < -0.39 is 41.3 Å². The van der Waals surface area contributed by atoms with Gasteiger partial charge in [0.15, 0.2) is 5.78 Å². The molecule has 8 heteroatoms. The fraction of sp³-hybridized carbons (Fsp3) is 0.452. The van der Waals surface area contributed by atoms with E-state index in [1.165, 1.54) is 6.08 Å². The number of allylic oxidation sites excluding steroid dienone is 1. The van der Waals surface area contributed by atoms with Gasteiger partial charge in [-0.05, 0) is 84.7 Å². The molecule has 0 aromatic heterocycles. The number of rotatable bonds is 6. The molecule has 2 atom stereocenters. The van der Waals surface area contributed by atoms with E-state index in [1.807, 2.05) is 65.0 Å². The third-order valence-corrected chi connectivity index (χ3v) is 5.78. The van der Waals surface area contributed by atoms with E-state index in [-0.39, 0.29) is 12.2 Å². The highest BCUT2D eigenvalue weighted by atomic mass is 16.6. The maximum Gasteiger partial charge on any atom is 0.413 e. The maximum atomic E-state index is 13.3. The minimum Gasteiger partial charge on any atom is -0.444 e. The Morgan fingerprint density at radius 3 is 2.08 bits per heavy atom. The lowest BCUT2D eigenvalue weighted by molar-refractivity contribution is -0.114. The summed E-state index contributed by atoms with van der Waals surface area (Å²) in [5.41, 5.74) is 0.00333. The molecule has 8 nitrogen and oxygen atoms in total. The standard InChI is InChI=1S/C31H40N2O6/c1-29(2,3)38-27(35)32-23-16-14-21(15-17-23)20-24(34)18-19-25-26(22-12-10-9-11-13-22)37-31(7,8)33(25)28(36)39-30(4,5)6/h9-19,25-26H,20H2,1-8H3,(H,32,35)/b19-18+/t25-,26-/m1/s1. The second-order valence-corrected chi connectivity index (χ2v) is 12.1. The zero-order valence-corrected chi connectivity index (χ0v) is 24.1. The third-order valence-electron chi connectivity index (χ3n) is 5.78. The average molecular weight is 537 g/mol. The zero-order chi connectivity index (χ0) is 29.0. The summed E-state index contributed by atoms with van der Waals surface area (Å²) in [4.78, 5) is 39.7. The Balaban J connectivity index is 1.76. The molecule has 2 aromatic rings. The Hall–Kier alpha value is -3.65. The molecular weight excluding hydrogens is 496 g/mol. The average Bonchev–Trinajstić information content (AvgIpc) is 3.07. The van der Waals surface area contributed by atoms with Crippen molar-refractivity contribution in [3.05, 3.63) is 77.9 Å². The van der Waals surface area contributed by atoms with E-state index in [0.717, 1.165) is 11.1 Å². The molecule has 0 bridgehead atoms. The molecule has 0 saturated carbocycles. The number of benzene rings is 2. The molecule has 3 rings (SSSR count). The first-order valence-electron chi connectivity index (χ1n) is 13.1. The molecule has 1 aliphatic heterocycles. The number of nitrogens with one attached hydrogen (secondary N) is 1. The van der Waals surface area contributed by atoms with Crippen molar-refractivity contribution >= 4 is 23.7 Å². The SMILES string of the molecule is CC(C)(C)OC(=O)Nc1ccc(CC(=O)/C=C/[C@@H]2[C@@H](c3ccccc3)OC(C)(C)N2C(=O)OC(C)(C)C)cc1. The number of amides is 2. The number of carbonyl (C=O) groups excluding carboxylic acids is 3. The van der Waals surface area contributed by atoms with Crippen molar-refractivity contribution in [2.45, 2.75) is 90.9 Å². The minimum absolute atomic E-state index is 0.136. The van der Waals surface area contributed by atoms with Gasteiger partial charge in [-0.2, -0.15) is 0 Å². The van der Waals surface area contributed by atoms with Crippen LogP contribution in [0.3, 0.4) is 0 Å². The Kier molecular flexibility index (Phi) is 8.91. The summed E-state index contributed by atoms with van der Waals surface area (Å²) < 4.78 is 17.3. The van der Waals surface area contributed by atoms with Crippen molar-refractivity contribution in [3.8, 4) is 0 Å². The smallest absolute Gasteiger partial charge is 0.413 e. The minimum atomic E-state index is -0.960. The van der Waals surface area contributed by atoms with Crippen molar-refractivity contribution in [1.82, 2.24) is 4.90 Å². The highest BCUT2D eigenvalue weighted by molar-refractivity contribution is 5.92. The van der Waals surface area contributed by atoms with Gasteiger partial charge in [0.2, 0.25) is 0 Å². The number of ether oxygens (including phenoxy) is 3. The highest BCUT2D eigenvalue weighted by Gasteiger charge is 2.50. The summed E-state index contributed by atoms with van der Waals surface area (Å²) >= 11 is 0. The van der Waals surface area contributed by atoms with E-state index in [0.29, 0.717) is 5.69 Å². The van der Waals surface area contributed by atoms with E-state index in [1.54, 1.807) is 56.0 Å². The van der Waals surface area contributed by atoms with Gasteiger partial charge in [0.1, 0.15) is 23.0 Å². The first kappa shape index (κ1) is 29.9. The van der Waals surface area contributed by atoms with Crippen molar-refractivity contribution < 1.29 is 28.6 Å². The predicted molar refractivity (Wildman–Crippen MR) is 150 cm³/mol. The van der Waals surface area contributed by atoms with Gasteiger partial charge in [0.05, 0.1) is 6.04 Å². The molecule has 210 valence electrons. The molecule has 2 amide bonds. The summed E-state index contributed by atoms with van der Waals surface area (Å²) in [6, 6.07) is 16.1. The molecule has 39 heavy (non-hydrogen) atoms. The maximum absolute atomic E-state index is 13.3. The molecule has 0 spiro atoms. The molecule has 1 saturated heterocycles. The summed E-state index contributed by atoms with van der Waals surface area (Å²) in [5, 5.41) is 2.68. The van der Waals surface area contributed by atoms with Crippen molar-refractivity contribution in [1.29, 1.82) is 0 Å². The molecule has 1 fully saturated rings. The molecule has 0 unspecified atom stereocenters. The number of anilines is 1. The van der Waals surface area contributed by atoms with Crippen LogP contribution in [0.15, 0.2) is 66.7 Å². The lowest BCUT2D eigenvalue weighted by Crippen LogP contribution is -2.49. The second-order valence-electron chi connectivity index (χ2n) is 12.1. The van der Waals surface area contributed by atoms with Gasteiger partial charge in [0, 0.05) is 12.1 Å². The number of carbonyl (C=O) groups is 3. The molecule has 0 aliphatic carbocycles. The van der Waals surface area contributed by atoms with Gasteiger partial charge in [0.25, 0.3) is 0 Å². The quantitative estimate of drug-likeness (QED) is 0.408. The molecule has 1 heterocycles. The van der Waals surface area contributed by atoms with Crippen molar-refractivity contribution in [2.24, 2.45) is 0 Å². The monoisotopic (exact) mass is 536 g/mol. The van der Waals surface area contributed by atoms with Gasteiger partial charge >= 0.3 is 12.2 Å². The summed E-state index contributed by atoms with van der Waals surface area (Å²) in [6.45, 7) is 14.4. The van der Waals surface area contributed by atoms with Crippen LogP contribution in [0.1, 0.15) is 72.6 Å². The fourth-order valence-electron chi connectivity index (χ4n) is 4.27. The van der Waals surface area contributed by atoms with Crippen molar-refractivity contribution in [2.75, 3.05) is 5.32 Å². The van der Waals surface area contributed by atoms with Crippen LogP contribution in [0.2, 0.25) is 0 Å². The van der Waals surface area contributed by atoms with E-state index in [4.69, 9.17) is 14.2 Å². The van der Waals surface area contributed by atoms with Crippen LogP contribution in [0.4, 0.5) is 15.3 Å². The van der Waals surface area contributed by atoms with E-state index >= 15 is 0 Å². The van der Waals surface area contributed by atoms with Crippen LogP contribution in [0, 0.1) is 0 Å². The van der Waals surface area contributed by atoms with E-state index in [2.05, 4.69) is 5.32 Å². The van der Waals surface area contributed by atoms with Crippen LogP contribution in [0.25, 0.3) is 0 Å². The lowest BCUT2D eigenvalue weighted by atomic mass is 10.0. The van der Waals surface area contributed by atoms with Crippen LogP contribution >= 0.6 is 0 Å². The summed E-state index contributed by atoms with van der Waals surface area (Å²) in [5.74, 6) is -0.136. The van der Waals surface area contributed by atoms with Gasteiger partial charge in [-0.25, -0.2) is 9.59 Å². The van der Waals surface area contributed by atoms with Gasteiger partial charge in [-0.1, -0.05) is 48.5 Å². The van der Waals surface area contributed by atoms with Crippen LogP contribution < -0.4 is 5.32 Å². The molecule has 0 radical (unpaired) electrons.